The molecule has 0 fully saturated rings. The maximum Gasteiger partial charge on any atom is 0.339 e. The number of hydrogen-bond acceptors (Lipinski definition) is 3. The van der Waals surface area contributed by atoms with Gasteiger partial charge in [0.2, 0.25) is 0 Å². The van der Waals surface area contributed by atoms with Gasteiger partial charge in [0.05, 0.1) is 0 Å². The van der Waals surface area contributed by atoms with Crippen molar-refractivity contribution in [1.29, 1.82) is 0 Å². The van der Waals surface area contributed by atoms with Crippen molar-refractivity contribution in [1.82, 2.24) is 0 Å². The third-order valence-corrected chi connectivity index (χ3v) is 3.44. The van der Waals surface area contributed by atoms with E-state index in [0.717, 1.165) is 29.6 Å². The molecule has 21 heavy (non-hydrogen) atoms. The highest BCUT2D eigenvalue weighted by molar-refractivity contribution is 5.76. The third kappa shape index (κ3) is 3.31. The Morgan fingerprint density at radius 1 is 0.952 bits per heavy atom. The molecular weight excluding hydrogens is 262 g/mol. The first-order valence-electron chi connectivity index (χ1n) is 7.13. The highest BCUT2D eigenvalue weighted by atomic mass is 16.4. The van der Waals surface area contributed by atoms with Crippen molar-refractivity contribution in [3.63, 3.8) is 0 Å². The van der Waals surface area contributed by atoms with E-state index in [1.807, 2.05) is 60.7 Å². The summed E-state index contributed by atoms with van der Waals surface area (Å²) in [5.41, 5.74) is 2.26. The van der Waals surface area contributed by atoms with E-state index in [1.165, 1.54) is 0 Å². The van der Waals surface area contributed by atoms with Gasteiger partial charge in [-0.15, -0.1) is 0 Å². The first-order chi connectivity index (χ1) is 10.3. The van der Waals surface area contributed by atoms with Gasteiger partial charge in [0.25, 0.3) is 0 Å². The molecule has 0 radical (unpaired) electrons. The molecule has 1 aromatic heterocycles. The van der Waals surface area contributed by atoms with Crippen LogP contribution < -0.4 is 10.9 Å². The van der Waals surface area contributed by atoms with Crippen LogP contribution in [0.5, 0.6) is 0 Å². The Morgan fingerprint density at radius 3 is 2.57 bits per heavy atom. The van der Waals surface area contributed by atoms with Crippen molar-refractivity contribution in [3.8, 4) is 0 Å². The minimum atomic E-state index is -0.228. The van der Waals surface area contributed by atoms with Gasteiger partial charge in [-0.1, -0.05) is 36.4 Å². The standard InChI is InChI=1S/C18H17NO2/c20-18-15(13-14-7-4-5-11-17(14)21-18)8-6-12-19-16-9-2-1-3-10-16/h1-5,7,9-11,13,19H,6,8,12H2. The van der Waals surface area contributed by atoms with Gasteiger partial charge in [-0.3, -0.25) is 0 Å². The molecule has 0 saturated carbocycles. The number of para-hydroxylation sites is 2. The minimum Gasteiger partial charge on any atom is -0.423 e. The Hall–Kier alpha value is -2.55. The van der Waals surface area contributed by atoms with Crippen molar-refractivity contribution in [3.05, 3.63) is 76.6 Å². The Labute approximate surface area is 123 Å². The first kappa shape index (κ1) is 13.4. The van der Waals surface area contributed by atoms with Crippen molar-refractivity contribution in [2.45, 2.75) is 12.8 Å². The lowest BCUT2D eigenvalue weighted by atomic mass is 10.1. The van der Waals surface area contributed by atoms with E-state index in [-0.39, 0.29) is 5.63 Å². The van der Waals surface area contributed by atoms with Gasteiger partial charge in [-0.25, -0.2) is 4.79 Å². The summed E-state index contributed by atoms with van der Waals surface area (Å²) in [5.74, 6) is 0. The minimum absolute atomic E-state index is 0.228. The Bertz CT molecular complexity index is 778. The average Bonchev–Trinajstić information content (AvgIpc) is 2.53. The Morgan fingerprint density at radius 2 is 1.71 bits per heavy atom. The molecule has 0 atom stereocenters. The highest BCUT2D eigenvalue weighted by Gasteiger charge is 2.04. The van der Waals surface area contributed by atoms with Crippen LogP contribution in [0.15, 0.2) is 69.9 Å². The van der Waals surface area contributed by atoms with Crippen molar-refractivity contribution < 1.29 is 4.42 Å². The number of hydrogen-bond donors (Lipinski definition) is 1. The van der Waals surface area contributed by atoms with E-state index in [0.29, 0.717) is 12.0 Å². The van der Waals surface area contributed by atoms with Crippen LogP contribution in [0.2, 0.25) is 0 Å². The summed E-state index contributed by atoms with van der Waals surface area (Å²) in [6.45, 7) is 0.830. The number of rotatable bonds is 5. The molecule has 0 bridgehead atoms. The lowest BCUT2D eigenvalue weighted by molar-refractivity contribution is 0.548. The highest BCUT2D eigenvalue weighted by Crippen LogP contribution is 2.13. The fourth-order valence-electron chi connectivity index (χ4n) is 2.35. The smallest absolute Gasteiger partial charge is 0.339 e. The van der Waals surface area contributed by atoms with E-state index in [9.17, 15) is 4.79 Å². The van der Waals surface area contributed by atoms with Crippen LogP contribution in [0.25, 0.3) is 11.0 Å². The van der Waals surface area contributed by atoms with Crippen molar-refractivity contribution in [2.24, 2.45) is 0 Å². The lowest BCUT2D eigenvalue weighted by Crippen LogP contribution is -2.10. The predicted molar refractivity (Wildman–Crippen MR) is 85.7 cm³/mol. The number of fused-ring (bicyclic) bond motifs is 1. The van der Waals surface area contributed by atoms with E-state index in [4.69, 9.17) is 4.42 Å². The summed E-state index contributed by atoms with van der Waals surface area (Å²) in [4.78, 5) is 11.9. The second-order valence-electron chi connectivity index (χ2n) is 4.99. The van der Waals surface area contributed by atoms with E-state index < -0.39 is 0 Å². The van der Waals surface area contributed by atoms with Gasteiger partial charge >= 0.3 is 5.63 Å². The largest absolute Gasteiger partial charge is 0.423 e. The molecule has 0 unspecified atom stereocenters. The molecular formula is C18H17NO2. The fourth-order valence-corrected chi connectivity index (χ4v) is 2.35. The van der Waals surface area contributed by atoms with Gasteiger partial charge in [-0.2, -0.15) is 0 Å². The van der Waals surface area contributed by atoms with Crippen LogP contribution in [-0.4, -0.2) is 6.54 Å². The maximum absolute atomic E-state index is 11.9. The Balaban J connectivity index is 1.63. The zero-order valence-corrected chi connectivity index (χ0v) is 11.7. The van der Waals surface area contributed by atoms with Crippen molar-refractivity contribution in [2.75, 3.05) is 11.9 Å². The average molecular weight is 279 g/mol. The van der Waals surface area contributed by atoms with Gasteiger partial charge in [0.15, 0.2) is 0 Å². The molecule has 0 saturated heterocycles. The molecule has 3 rings (SSSR count). The molecule has 0 aliphatic rings. The van der Waals surface area contributed by atoms with Gasteiger partial charge < -0.3 is 9.73 Å². The third-order valence-electron chi connectivity index (χ3n) is 3.44. The summed E-state index contributed by atoms with van der Waals surface area (Å²) >= 11 is 0. The second kappa shape index (κ2) is 6.27. The molecule has 3 aromatic rings. The van der Waals surface area contributed by atoms with Crippen LogP contribution in [0.3, 0.4) is 0 Å². The first-order valence-corrected chi connectivity index (χ1v) is 7.13. The quantitative estimate of drug-likeness (QED) is 0.570. The lowest BCUT2D eigenvalue weighted by Gasteiger charge is -2.06. The van der Waals surface area contributed by atoms with Crippen LogP contribution in [0, 0.1) is 0 Å². The molecule has 0 aliphatic heterocycles. The van der Waals surface area contributed by atoms with Gasteiger partial charge in [0.1, 0.15) is 5.58 Å². The second-order valence-corrected chi connectivity index (χ2v) is 4.99. The maximum atomic E-state index is 11.9. The van der Waals surface area contributed by atoms with Crippen LogP contribution >= 0.6 is 0 Å². The molecule has 106 valence electrons. The SMILES string of the molecule is O=c1oc2ccccc2cc1CCCNc1ccccc1. The molecule has 2 aromatic carbocycles. The molecule has 3 nitrogen and oxygen atoms in total. The summed E-state index contributed by atoms with van der Waals surface area (Å²) < 4.78 is 5.33. The molecule has 1 heterocycles. The predicted octanol–water partition coefficient (Wildman–Crippen LogP) is 3.84. The van der Waals surface area contributed by atoms with E-state index >= 15 is 0 Å². The van der Waals surface area contributed by atoms with Crippen LogP contribution in [-0.2, 0) is 6.42 Å². The van der Waals surface area contributed by atoms with E-state index in [2.05, 4.69) is 5.32 Å². The van der Waals surface area contributed by atoms with Crippen molar-refractivity contribution >= 4 is 16.7 Å². The normalized spacial score (nSPS) is 10.7. The summed E-state index contributed by atoms with van der Waals surface area (Å²) in [5, 5.41) is 4.31. The summed E-state index contributed by atoms with van der Waals surface area (Å²) in [6, 6.07) is 19.6. The number of anilines is 1. The van der Waals surface area contributed by atoms with Gasteiger partial charge in [-0.05, 0) is 37.1 Å². The molecule has 1 N–H and O–H groups in total. The topological polar surface area (TPSA) is 42.2 Å². The molecule has 3 heteroatoms. The monoisotopic (exact) mass is 279 g/mol. The van der Waals surface area contributed by atoms with Crippen LogP contribution in [0.1, 0.15) is 12.0 Å². The summed E-state index contributed by atoms with van der Waals surface area (Å²) in [6.07, 6.45) is 1.60. The molecule has 0 aliphatic carbocycles. The van der Waals surface area contributed by atoms with E-state index in [1.54, 1.807) is 0 Å². The fraction of sp³-hybridized carbons (Fsp3) is 0.167. The van der Waals surface area contributed by atoms with Crippen LogP contribution in [0.4, 0.5) is 5.69 Å². The zero-order chi connectivity index (χ0) is 14.5. The zero-order valence-electron chi connectivity index (χ0n) is 11.7. The number of benzene rings is 2. The molecule has 0 amide bonds. The van der Waals surface area contributed by atoms with Gasteiger partial charge in [0, 0.05) is 23.2 Å². The Kier molecular flexibility index (Phi) is 4.01. The molecule has 0 spiro atoms. The summed E-state index contributed by atoms with van der Waals surface area (Å²) in [7, 11) is 0. The number of nitrogens with one attached hydrogen (secondary N) is 1. The number of aryl methyl sites for hydroxylation is 1.